The number of carbonyl (C=O) groups is 2. The van der Waals surface area contributed by atoms with Gasteiger partial charge in [-0.05, 0) is 18.2 Å². The number of allylic oxidation sites excluding steroid dienone is 1. The first kappa shape index (κ1) is 11.3. The monoisotopic (exact) mass is 213 g/mol. The Bertz CT molecular complexity index is 360. The summed E-state index contributed by atoms with van der Waals surface area (Å²) < 4.78 is 0. The minimum Gasteiger partial charge on any atom is -0.508 e. The normalized spacial score (nSPS) is 29.5. The first-order valence-electron chi connectivity index (χ1n) is 4.19. The number of carbonyl (C=O) groups excluding carboxylic acids is 1. The van der Waals surface area contributed by atoms with E-state index in [4.69, 9.17) is 10.2 Å². The second kappa shape index (κ2) is 3.74. The van der Waals surface area contributed by atoms with E-state index in [1.165, 1.54) is 0 Å². The van der Waals surface area contributed by atoms with Gasteiger partial charge in [-0.2, -0.15) is 0 Å². The highest BCUT2D eigenvalue weighted by molar-refractivity contribution is 5.79. The van der Waals surface area contributed by atoms with Crippen LogP contribution in [0.5, 0.6) is 0 Å². The van der Waals surface area contributed by atoms with Crippen LogP contribution >= 0.6 is 0 Å². The summed E-state index contributed by atoms with van der Waals surface area (Å²) in [6, 6.07) is 0. The molecule has 1 rings (SSSR count). The van der Waals surface area contributed by atoms with E-state index in [2.05, 4.69) is 5.32 Å². The molecule has 0 aliphatic heterocycles. The predicted molar refractivity (Wildman–Crippen MR) is 49.7 cm³/mol. The Morgan fingerprint density at radius 3 is 2.60 bits per heavy atom. The Balaban J connectivity index is 3.02. The molecule has 0 radical (unpaired) electrons. The Morgan fingerprint density at radius 1 is 1.53 bits per heavy atom. The maximum Gasteiger partial charge on any atom is 0.315 e. The van der Waals surface area contributed by atoms with E-state index in [1.807, 2.05) is 0 Å². The largest absolute Gasteiger partial charge is 0.508 e. The van der Waals surface area contributed by atoms with Crippen molar-refractivity contribution >= 4 is 11.9 Å². The van der Waals surface area contributed by atoms with Gasteiger partial charge in [0.05, 0.1) is 0 Å². The van der Waals surface area contributed by atoms with Crippen molar-refractivity contribution in [2.45, 2.75) is 12.6 Å². The van der Waals surface area contributed by atoms with Crippen LogP contribution in [-0.4, -0.2) is 32.9 Å². The summed E-state index contributed by atoms with van der Waals surface area (Å²) in [5, 5.41) is 29.8. The fourth-order valence-corrected chi connectivity index (χ4v) is 1.33. The summed E-state index contributed by atoms with van der Waals surface area (Å²) in [7, 11) is 0. The molecule has 1 amide bonds. The standard InChI is InChI=1S/C9H11NO5/c1-5(11)10-9(15)3-2-6(12)4-7(9)8(13)14/h2-4,7,12,15H,1H3,(H,10,11)(H,13,14). The first-order valence-corrected chi connectivity index (χ1v) is 4.19. The summed E-state index contributed by atoms with van der Waals surface area (Å²) in [4.78, 5) is 21.6. The zero-order chi connectivity index (χ0) is 11.6. The lowest BCUT2D eigenvalue weighted by Gasteiger charge is -2.31. The molecule has 1 aliphatic rings. The SMILES string of the molecule is CC(=O)NC1(O)C=CC(O)=CC1C(=O)O. The van der Waals surface area contributed by atoms with Crippen molar-refractivity contribution < 1.29 is 24.9 Å². The van der Waals surface area contributed by atoms with Crippen molar-refractivity contribution in [3.05, 3.63) is 24.0 Å². The third-order valence-corrected chi connectivity index (χ3v) is 1.96. The summed E-state index contributed by atoms with van der Waals surface area (Å²) in [6.45, 7) is 1.16. The number of amides is 1. The van der Waals surface area contributed by atoms with Crippen LogP contribution in [0.2, 0.25) is 0 Å². The van der Waals surface area contributed by atoms with Gasteiger partial charge in [-0.3, -0.25) is 9.59 Å². The van der Waals surface area contributed by atoms with E-state index in [1.54, 1.807) is 0 Å². The number of carboxylic acids is 1. The summed E-state index contributed by atoms with van der Waals surface area (Å²) in [5.41, 5.74) is -2.00. The molecule has 6 nitrogen and oxygen atoms in total. The minimum atomic E-state index is -2.00. The molecule has 0 bridgehead atoms. The summed E-state index contributed by atoms with van der Waals surface area (Å²) in [6.07, 6.45) is 3.11. The lowest BCUT2D eigenvalue weighted by Crippen LogP contribution is -2.54. The Labute approximate surface area is 85.5 Å². The molecule has 2 unspecified atom stereocenters. The Kier molecular flexibility index (Phi) is 2.81. The van der Waals surface area contributed by atoms with Crippen LogP contribution in [0.1, 0.15) is 6.92 Å². The van der Waals surface area contributed by atoms with Crippen LogP contribution in [0.3, 0.4) is 0 Å². The molecule has 0 heterocycles. The van der Waals surface area contributed by atoms with Gasteiger partial charge in [0.2, 0.25) is 5.91 Å². The summed E-state index contributed by atoms with van der Waals surface area (Å²) in [5.74, 6) is -3.59. The van der Waals surface area contributed by atoms with E-state index < -0.39 is 23.5 Å². The number of aliphatic hydroxyl groups is 2. The Morgan fingerprint density at radius 2 is 2.13 bits per heavy atom. The van der Waals surface area contributed by atoms with Gasteiger partial charge >= 0.3 is 5.97 Å². The smallest absolute Gasteiger partial charge is 0.315 e. The Hall–Kier alpha value is -1.82. The molecule has 0 saturated carbocycles. The van der Waals surface area contributed by atoms with Gasteiger partial charge in [0, 0.05) is 6.92 Å². The number of carboxylic acid groups (broad SMARTS) is 1. The molecule has 82 valence electrons. The van der Waals surface area contributed by atoms with Crippen molar-refractivity contribution in [2.24, 2.45) is 5.92 Å². The van der Waals surface area contributed by atoms with Gasteiger partial charge in [0.15, 0.2) is 5.72 Å². The number of nitrogens with one attached hydrogen (secondary N) is 1. The number of aliphatic carboxylic acids is 1. The topological polar surface area (TPSA) is 107 Å². The fourth-order valence-electron chi connectivity index (χ4n) is 1.33. The molecule has 0 fully saturated rings. The molecule has 0 spiro atoms. The molecule has 2 atom stereocenters. The highest BCUT2D eigenvalue weighted by Crippen LogP contribution is 2.24. The van der Waals surface area contributed by atoms with Gasteiger partial charge in [0.25, 0.3) is 0 Å². The molecule has 0 aromatic carbocycles. The molecule has 0 saturated heterocycles. The van der Waals surface area contributed by atoms with Crippen molar-refractivity contribution in [2.75, 3.05) is 0 Å². The second-order valence-corrected chi connectivity index (χ2v) is 3.25. The average Bonchev–Trinajstić information content (AvgIpc) is 2.08. The molecule has 15 heavy (non-hydrogen) atoms. The number of aliphatic hydroxyl groups excluding tert-OH is 1. The molecule has 0 aromatic heterocycles. The minimum absolute atomic E-state index is 0.266. The van der Waals surface area contributed by atoms with Crippen molar-refractivity contribution in [3.63, 3.8) is 0 Å². The van der Waals surface area contributed by atoms with Crippen LogP contribution in [0.15, 0.2) is 24.0 Å². The quantitative estimate of drug-likeness (QED) is 0.463. The molecule has 0 aromatic rings. The van der Waals surface area contributed by atoms with E-state index in [-0.39, 0.29) is 5.76 Å². The maximum absolute atomic E-state index is 10.8. The zero-order valence-corrected chi connectivity index (χ0v) is 7.97. The van der Waals surface area contributed by atoms with Gasteiger partial charge in [0.1, 0.15) is 11.7 Å². The first-order chi connectivity index (χ1) is 6.85. The molecule has 1 aliphatic carbocycles. The second-order valence-electron chi connectivity index (χ2n) is 3.25. The van der Waals surface area contributed by atoms with E-state index >= 15 is 0 Å². The van der Waals surface area contributed by atoms with Crippen LogP contribution in [0.25, 0.3) is 0 Å². The van der Waals surface area contributed by atoms with Crippen LogP contribution in [0, 0.1) is 5.92 Å². The van der Waals surface area contributed by atoms with E-state index in [0.29, 0.717) is 0 Å². The van der Waals surface area contributed by atoms with Crippen molar-refractivity contribution in [1.82, 2.24) is 5.32 Å². The third kappa shape index (κ3) is 2.35. The number of hydrogen-bond donors (Lipinski definition) is 4. The van der Waals surface area contributed by atoms with Crippen LogP contribution < -0.4 is 5.32 Å². The maximum atomic E-state index is 10.8. The van der Waals surface area contributed by atoms with E-state index in [9.17, 15) is 14.7 Å². The molecule has 6 heteroatoms. The van der Waals surface area contributed by atoms with Crippen LogP contribution in [-0.2, 0) is 9.59 Å². The third-order valence-electron chi connectivity index (χ3n) is 1.96. The van der Waals surface area contributed by atoms with Gasteiger partial charge in [-0.25, -0.2) is 0 Å². The van der Waals surface area contributed by atoms with Gasteiger partial charge in [-0.15, -0.1) is 0 Å². The zero-order valence-electron chi connectivity index (χ0n) is 7.97. The lowest BCUT2D eigenvalue weighted by atomic mass is 9.90. The highest BCUT2D eigenvalue weighted by Gasteiger charge is 2.41. The summed E-state index contributed by atoms with van der Waals surface area (Å²) >= 11 is 0. The van der Waals surface area contributed by atoms with Crippen LogP contribution in [0.4, 0.5) is 0 Å². The lowest BCUT2D eigenvalue weighted by molar-refractivity contribution is -0.149. The molecule has 4 N–H and O–H groups in total. The number of hydrogen-bond acceptors (Lipinski definition) is 4. The van der Waals surface area contributed by atoms with E-state index in [0.717, 1.165) is 25.2 Å². The molecular formula is C9H11NO5. The predicted octanol–water partition coefficient (Wildman–Crippen LogP) is -0.476. The van der Waals surface area contributed by atoms with Crippen molar-refractivity contribution in [1.29, 1.82) is 0 Å². The fraction of sp³-hybridized carbons (Fsp3) is 0.333. The van der Waals surface area contributed by atoms with Crippen molar-refractivity contribution in [3.8, 4) is 0 Å². The average molecular weight is 213 g/mol. The van der Waals surface area contributed by atoms with Gasteiger partial charge < -0.3 is 20.6 Å². The van der Waals surface area contributed by atoms with Gasteiger partial charge in [-0.1, -0.05) is 0 Å². The molecular weight excluding hydrogens is 202 g/mol. The highest BCUT2D eigenvalue weighted by atomic mass is 16.4. The number of rotatable bonds is 2.